The van der Waals surface area contributed by atoms with Crippen molar-refractivity contribution in [3.8, 4) is 11.1 Å². The molecule has 6 rings (SSSR count). The zero-order valence-electron chi connectivity index (χ0n) is 21.0. The Morgan fingerprint density at radius 1 is 1.00 bits per heavy atom. The van der Waals surface area contributed by atoms with Gasteiger partial charge < -0.3 is 19.3 Å². The molecular formula is C31H24N4O4. The maximum Gasteiger partial charge on any atom is 0.335 e. The molecule has 3 heterocycles. The van der Waals surface area contributed by atoms with Gasteiger partial charge in [0.25, 0.3) is 5.91 Å². The van der Waals surface area contributed by atoms with E-state index in [-0.39, 0.29) is 17.5 Å². The second-order valence-corrected chi connectivity index (χ2v) is 9.48. The van der Waals surface area contributed by atoms with Crippen LogP contribution in [0.4, 0.5) is 0 Å². The Labute approximate surface area is 223 Å². The van der Waals surface area contributed by atoms with Gasteiger partial charge in [-0.25, -0.2) is 9.78 Å². The van der Waals surface area contributed by atoms with E-state index in [1.165, 1.54) is 23.8 Å². The minimum atomic E-state index is -0.995. The van der Waals surface area contributed by atoms with Crippen LogP contribution in [0.2, 0.25) is 0 Å². The maximum absolute atomic E-state index is 13.7. The van der Waals surface area contributed by atoms with Crippen molar-refractivity contribution in [2.45, 2.75) is 19.4 Å². The molecule has 2 N–H and O–H groups in total. The van der Waals surface area contributed by atoms with Crippen molar-refractivity contribution in [1.82, 2.24) is 19.9 Å². The van der Waals surface area contributed by atoms with Gasteiger partial charge in [-0.05, 0) is 47.0 Å². The van der Waals surface area contributed by atoms with E-state index in [0.717, 1.165) is 33.3 Å². The topological polar surface area (TPSA) is 110 Å². The van der Waals surface area contributed by atoms with Crippen molar-refractivity contribution in [3.05, 3.63) is 126 Å². The van der Waals surface area contributed by atoms with Gasteiger partial charge in [0, 0.05) is 23.7 Å². The monoisotopic (exact) mass is 516 g/mol. The minimum Gasteiger partial charge on any atom is -0.478 e. The van der Waals surface area contributed by atoms with Gasteiger partial charge in [0.15, 0.2) is 0 Å². The number of nitrogens with one attached hydrogen (secondary N) is 1. The lowest BCUT2D eigenvalue weighted by molar-refractivity contribution is 0.0696. The molecule has 8 nitrogen and oxygen atoms in total. The van der Waals surface area contributed by atoms with Crippen LogP contribution >= 0.6 is 0 Å². The lowest BCUT2D eigenvalue weighted by atomic mass is 10.0. The first kappa shape index (κ1) is 24.1. The molecule has 3 aromatic heterocycles. The molecule has 0 bridgehead atoms. The molecule has 0 aliphatic rings. The van der Waals surface area contributed by atoms with E-state index in [1.54, 1.807) is 24.7 Å². The third-order valence-corrected chi connectivity index (χ3v) is 6.90. The number of amides is 1. The summed E-state index contributed by atoms with van der Waals surface area (Å²) in [6.45, 7) is 1.86. The number of carboxylic acid groups (broad SMARTS) is 1. The molecule has 39 heavy (non-hydrogen) atoms. The fraction of sp³-hybridized carbons (Fsp3) is 0.0968. The van der Waals surface area contributed by atoms with Gasteiger partial charge in [0.2, 0.25) is 0 Å². The molecule has 0 aliphatic carbocycles. The smallest absolute Gasteiger partial charge is 0.335 e. The molecule has 1 atom stereocenters. The molecule has 0 spiro atoms. The Morgan fingerprint density at radius 2 is 1.79 bits per heavy atom. The lowest BCUT2D eigenvalue weighted by Gasteiger charge is -2.16. The standard InChI is InChI=1S/C31H24N4O4/c1-19(21-8-10-23(11-9-21)31(37)38)34-30(36)27-14-25(26-15-33-39-17-26)16-35-18-32-28(29(27)35)13-20-6-7-22-4-2-3-5-24(22)12-20/h2-12,14-19H,13H2,1H3,(H,34,36)(H,37,38)/t19-/m0/s1. The summed E-state index contributed by atoms with van der Waals surface area (Å²) in [6.07, 6.45) is 7.31. The Balaban J connectivity index is 1.38. The van der Waals surface area contributed by atoms with Crippen LogP contribution in [-0.4, -0.2) is 31.5 Å². The second kappa shape index (κ2) is 9.90. The Hall–Kier alpha value is -5.24. The van der Waals surface area contributed by atoms with Gasteiger partial charge in [0.1, 0.15) is 6.26 Å². The van der Waals surface area contributed by atoms with E-state index >= 15 is 0 Å². The van der Waals surface area contributed by atoms with Crippen molar-refractivity contribution >= 4 is 28.2 Å². The van der Waals surface area contributed by atoms with E-state index in [1.807, 2.05) is 35.7 Å². The highest BCUT2D eigenvalue weighted by Crippen LogP contribution is 2.27. The zero-order chi connectivity index (χ0) is 26.9. The molecule has 6 aromatic rings. The van der Waals surface area contributed by atoms with Crippen molar-refractivity contribution < 1.29 is 19.2 Å². The van der Waals surface area contributed by atoms with E-state index in [9.17, 15) is 14.7 Å². The molecule has 0 unspecified atom stereocenters. The van der Waals surface area contributed by atoms with Crippen LogP contribution < -0.4 is 5.32 Å². The number of carboxylic acids is 1. The molecule has 0 aliphatic heterocycles. The molecule has 3 aromatic carbocycles. The predicted octanol–water partition coefficient (Wildman–Crippen LogP) is 5.92. The summed E-state index contributed by atoms with van der Waals surface area (Å²) in [5.74, 6) is -1.26. The number of nitrogens with zero attached hydrogens (tertiary/aromatic N) is 3. The van der Waals surface area contributed by atoms with E-state index in [4.69, 9.17) is 4.52 Å². The molecule has 0 fully saturated rings. The summed E-state index contributed by atoms with van der Waals surface area (Å²) < 4.78 is 6.89. The van der Waals surface area contributed by atoms with Gasteiger partial charge in [-0.15, -0.1) is 0 Å². The molecule has 0 radical (unpaired) electrons. The Bertz CT molecular complexity index is 1820. The van der Waals surface area contributed by atoms with Crippen LogP contribution in [-0.2, 0) is 6.42 Å². The number of aromatic carboxylic acids is 1. The predicted molar refractivity (Wildman–Crippen MR) is 147 cm³/mol. The Kier molecular flexibility index (Phi) is 6.13. The average Bonchev–Trinajstić information content (AvgIpc) is 3.63. The molecule has 192 valence electrons. The number of imidazole rings is 1. The highest BCUT2D eigenvalue weighted by atomic mass is 16.5. The van der Waals surface area contributed by atoms with Crippen molar-refractivity contribution in [2.75, 3.05) is 0 Å². The van der Waals surface area contributed by atoms with Crippen LogP contribution in [0.3, 0.4) is 0 Å². The fourth-order valence-corrected chi connectivity index (χ4v) is 4.83. The van der Waals surface area contributed by atoms with Gasteiger partial charge in [-0.1, -0.05) is 59.8 Å². The number of fused-ring (bicyclic) bond motifs is 2. The van der Waals surface area contributed by atoms with E-state index in [0.29, 0.717) is 17.5 Å². The number of pyridine rings is 1. The van der Waals surface area contributed by atoms with E-state index < -0.39 is 5.97 Å². The third kappa shape index (κ3) is 4.75. The van der Waals surface area contributed by atoms with E-state index in [2.05, 4.69) is 45.8 Å². The lowest BCUT2D eigenvalue weighted by Crippen LogP contribution is -2.27. The largest absolute Gasteiger partial charge is 0.478 e. The normalized spacial score (nSPS) is 12.0. The Morgan fingerprint density at radius 3 is 2.54 bits per heavy atom. The highest BCUT2D eigenvalue weighted by molar-refractivity contribution is 6.02. The molecule has 0 saturated carbocycles. The van der Waals surface area contributed by atoms with Gasteiger partial charge in [-0.3, -0.25) is 4.79 Å². The van der Waals surface area contributed by atoms with Crippen LogP contribution in [0.15, 0.2) is 102 Å². The molecule has 8 heteroatoms. The minimum absolute atomic E-state index is 0.193. The first-order chi connectivity index (χ1) is 19.0. The second-order valence-electron chi connectivity index (χ2n) is 9.48. The number of hydrogen-bond acceptors (Lipinski definition) is 5. The van der Waals surface area contributed by atoms with Crippen LogP contribution in [0.5, 0.6) is 0 Å². The first-order valence-corrected chi connectivity index (χ1v) is 12.5. The summed E-state index contributed by atoms with van der Waals surface area (Å²) in [7, 11) is 0. The number of carbonyl (C=O) groups is 2. The number of aromatic nitrogens is 3. The number of carbonyl (C=O) groups excluding carboxylic acids is 1. The van der Waals surface area contributed by atoms with Crippen molar-refractivity contribution in [2.24, 2.45) is 0 Å². The highest BCUT2D eigenvalue weighted by Gasteiger charge is 2.20. The van der Waals surface area contributed by atoms with Crippen LogP contribution in [0.1, 0.15) is 50.5 Å². The van der Waals surface area contributed by atoms with Crippen molar-refractivity contribution in [3.63, 3.8) is 0 Å². The first-order valence-electron chi connectivity index (χ1n) is 12.5. The number of rotatable bonds is 7. The van der Waals surface area contributed by atoms with Crippen LogP contribution in [0, 0.1) is 0 Å². The number of benzene rings is 3. The molecular weight excluding hydrogens is 492 g/mol. The average molecular weight is 517 g/mol. The quantitative estimate of drug-likeness (QED) is 0.272. The maximum atomic E-state index is 13.7. The zero-order valence-corrected chi connectivity index (χ0v) is 21.0. The summed E-state index contributed by atoms with van der Waals surface area (Å²) in [4.78, 5) is 29.6. The fourth-order valence-electron chi connectivity index (χ4n) is 4.83. The van der Waals surface area contributed by atoms with Gasteiger partial charge in [-0.2, -0.15) is 0 Å². The van der Waals surface area contributed by atoms with Crippen molar-refractivity contribution in [1.29, 1.82) is 0 Å². The van der Waals surface area contributed by atoms with Gasteiger partial charge in [0.05, 0.1) is 40.9 Å². The number of hydrogen-bond donors (Lipinski definition) is 2. The third-order valence-electron chi connectivity index (χ3n) is 6.90. The SMILES string of the molecule is C[C@H](NC(=O)c1cc(-c2cnoc2)cn2cnc(Cc3ccc4ccccc4c3)c12)c1ccc(C(=O)O)cc1. The molecule has 1 amide bonds. The van der Waals surface area contributed by atoms with Crippen LogP contribution in [0.25, 0.3) is 27.4 Å². The van der Waals surface area contributed by atoms with Gasteiger partial charge >= 0.3 is 5.97 Å². The summed E-state index contributed by atoms with van der Waals surface area (Å²) in [5.41, 5.74) is 5.56. The summed E-state index contributed by atoms with van der Waals surface area (Å²) in [6, 6.07) is 22.5. The molecule has 0 saturated heterocycles. The summed E-state index contributed by atoms with van der Waals surface area (Å²) in [5, 5.41) is 18.4. The summed E-state index contributed by atoms with van der Waals surface area (Å²) >= 11 is 0.